The molecule has 0 radical (unpaired) electrons. The predicted octanol–water partition coefficient (Wildman–Crippen LogP) is 2.16. The molecule has 2 rings (SSSR count). The number of halogens is 1. The van der Waals surface area contributed by atoms with E-state index in [1.54, 1.807) is 0 Å². The summed E-state index contributed by atoms with van der Waals surface area (Å²) in [4.78, 5) is 0. The molecule has 1 saturated heterocycles. The molecule has 0 aliphatic carbocycles. The highest BCUT2D eigenvalue weighted by Gasteiger charge is 2.34. The van der Waals surface area contributed by atoms with Crippen LogP contribution in [0.5, 0.6) is 0 Å². The summed E-state index contributed by atoms with van der Waals surface area (Å²) in [5.41, 5.74) is 8.95. The molecule has 16 heavy (non-hydrogen) atoms. The SMILES string of the molecule is CC(C)(C)c1cccc(C2(N)CNC2)c1.Cl. The molecule has 1 aromatic rings. The first-order valence-corrected chi connectivity index (χ1v) is 5.52. The van der Waals surface area contributed by atoms with Gasteiger partial charge >= 0.3 is 0 Å². The van der Waals surface area contributed by atoms with E-state index in [0.717, 1.165) is 13.1 Å². The lowest BCUT2D eigenvalue weighted by atomic mass is 9.80. The monoisotopic (exact) mass is 240 g/mol. The first-order chi connectivity index (χ1) is 6.92. The molecule has 1 heterocycles. The molecule has 0 unspecified atom stereocenters. The van der Waals surface area contributed by atoms with E-state index in [4.69, 9.17) is 5.73 Å². The second-order valence-corrected chi connectivity index (χ2v) is 5.59. The molecule has 1 aromatic carbocycles. The van der Waals surface area contributed by atoms with Crippen LogP contribution in [0.15, 0.2) is 24.3 Å². The third-order valence-corrected chi connectivity index (χ3v) is 3.18. The fourth-order valence-corrected chi connectivity index (χ4v) is 1.89. The quantitative estimate of drug-likeness (QED) is 0.790. The Labute approximate surface area is 104 Å². The maximum absolute atomic E-state index is 6.27. The Morgan fingerprint density at radius 2 is 1.88 bits per heavy atom. The molecule has 3 heteroatoms. The largest absolute Gasteiger partial charge is 0.319 e. The molecule has 0 bridgehead atoms. The smallest absolute Gasteiger partial charge is 0.0662 e. The summed E-state index contributed by atoms with van der Waals surface area (Å²) < 4.78 is 0. The van der Waals surface area contributed by atoms with Crippen molar-refractivity contribution in [1.82, 2.24) is 5.32 Å². The Morgan fingerprint density at radius 3 is 2.31 bits per heavy atom. The zero-order valence-electron chi connectivity index (χ0n) is 10.2. The van der Waals surface area contributed by atoms with E-state index in [0.29, 0.717) is 0 Å². The number of benzene rings is 1. The summed E-state index contributed by atoms with van der Waals surface area (Å²) in [6.07, 6.45) is 0. The normalized spacial score (nSPS) is 18.5. The van der Waals surface area contributed by atoms with Gasteiger partial charge in [0.2, 0.25) is 0 Å². The minimum absolute atomic E-state index is 0. The van der Waals surface area contributed by atoms with Crippen LogP contribution in [0.25, 0.3) is 0 Å². The highest BCUT2D eigenvalue weighted by molar-refractivity contribution is 5.85. The summed E-state index contributed by atoms with van der Waals surface area (Å²) >= 11 is 0. The van der Waals surface area contributed by atoms with Gasteiger partial charge in [-0.2, -0.15) is 0 Å². The number of nitrogens with one attached hydrogen (secondary N) is 1. The van der Waals surface area contributed by atoms with Gasteiger partial charge in [-0.1, -0.05) is 45.0 Å². The van der Waals surface area contributed by atoms with Crippen LogP contribution in [0.2, 0.25) is 0 Å². The van der Waals surface area contributed by atoms with Crippen molar-refractivity contribution in [3.8, 4) is 0 Å². The fraction of sp³-hybridized carbons (Fsp3) is 0.538. The Morgan fingerprint density at radius 1 is 1.25 bits per heavy atom. The lowest BCUT2D eigenvalue weighted by Crippen LogP contribution is -2.62. The van der Waals surface area contributed by atoms with Crippen LogP contribution in [0.4, 0.5) is 0 Å². The Hall–Kier alpha value is -0.570. The van der Waals surface area contributed by atoms with E-state index in [2.05, 4.69) is 50.4 Å². The first-order valence-electron chi connectivity index (χ1n) is 5.52. The van der Waals surface area contributed by atoms with Crippen LogP contribution in [0.1, 0.15) is 31.9 Å². The number of hydrogen-bond donors (Lipinski definition) is 2. The van der Waals surface area contributed by atoms with E-state index in [9.17, 15) is 0 Å². The predicted molar refractivity (Wildman–Crippen MR) is 71.1 cm³/mol. The van der Waals surface area contributed by atoms with Crippen LogP contribution in [-0.4, -0.2) is 13.1 Å². The van der Waals surface area contributed by atoms with Crippen molar-refractivity contribution >= 4 is 12.4 Å². The van der Waals surface area contributed by atoms with Gasteiger partial charge in [-0.05, 0) is 16.5 Å². The summed E-state index contributed by atoms with van der Waals surface area (Å²) in [5.74, 6) is 0. The van der Waals surface area contributed by atoms with Crippen LogP contribution in [0.3, 0.4) is 0 Å². The molecule has 1 aliphatic heterocycles. The lowest BCUT2D eigenvalue weighted by molar-refractivity contribution is 0.286. The van der Waals surface area contributed by atoms with Crippen LogP contribution in [-0.2, 0) is 11.0 Å². The van der Waals surface area contributed by atoms with Crippen molar-refractivity contribution in [3.63, 3.8) is 0 Å². The average Bonchev–Trinajstić information content (AvgIpc) is 2.13. The summed E-state index contributed by atoms with van der Waals surface area (Å²) in [6, 6.07) is 8.68. The maximum Gasteiger partial charge on any atom is 0.0662 e. The van der Waals surface area contributed by atoms with Crippen LogP contribution < -0.4 is 11.1 Å². The third-order valence-electron chi connectivity index (χ3n) is 3.18. The molecule has 1 aliphatic rings. The molecular formula is C13H21ClN2. The van der Waals surface area contributed by atoms with E-state index >= 15 is 0 Å². The average molecular weight is 241 g/mol. The van der Waals surface area contributed by atoms with Crippen molar-refractivity contribution in [2.45, 2.75) is 31.7 Å². The third kappa shape index (κ3) is 2.40. The summed E-state index contributed by atoms with van der Waals surface area (Å²) in [7, 11) is 0. The Kier molecular flexibility index (Phi) is 3.68. The summed E-state index contributed by atoms with van der Waals surface area (Å²) in [6.45, 7) is 8.47. The Bertz CT molecular complexity index is 364. The van der Waals surface area contributed by atoms with Gasteiger partial charge in [0.05, 0.1) is 5.54 Å². The molecule has 3 N–H and O–H groups in total. The van der Waals surface area contributed by atoms with Crippen molar-refractivity contribution in [2.75, 3.05) is 13.1 Å². The molecule has 0 aromatic heterocycles. The second kappa shape index (κ2) is 4.36. The molecule has 1 fully saturated rings. The van der Waals surface area contributed by atoms with Crippen molar-refractivity contribution < 1.29 is 0 Å². The van der Waals surface area contributed by atoms with Gasteiger partial charge in [-0.25, -0.2) is 0 Å². The van der Waals surface area contributed by atoms with Gasteiger partial charge < -0.3 is 11.1 Å². The number of rotatable bonds is 1. The van der Waals surface area contributed by atoms with Gasteiger partial charge in [0.15, 0.2) is 0 Å². The fourth-order valence-electron chi connectivity index (χ4n) is 1.89. The van der Waals surface area contributed by atoms with Gasteiger partial charge in [0, 0.05) is 13.1 Å². The highest BCUT2D eigenvalue weighted by Crippen LogP contribution is 2.28. The lowest BCUT2D eigenvalue weighted by Gasteiger charge is -2.40. The maximum atomic E-state index is 6.27. The van der Waals surface area contributed by atoms with Crippen LogP contribution >= 0.6 is 12.4 Å². The standard InChI is InChI=1S/C13H20N2.ClH/c1-12(2,3)10-5-4-6-11(7-10)13(14)8-15-9-13;/h4-7,15H,8-9,14H2,1-3H3;1H. The minimum Gasteiger partial charge on any atom is -0.319 e. The van der Waals surface area contributed by atoms with Gasteiger partial charge in [0.1, 0.15) is 0 Å². The van der Waals surface area contributed by atoms with E-state index in [-0.39, 0.29) is 23.4 Å². The summed E-state index contributed by atoms with van der Waals surface area (Å²) in [5, 5.41) is 3.23. The van der Waals surface area contributed by atoms with Gasteiger partial charge in [-0.15, -0.1) is 12.4 Å². The minimum atomic E-state index is -0.138. The Balaban J connectivity index is 0.00000128. The molecule has 0 atom stereocenters. The molecule has 0 amide bonds. The van der Waals surface area contributed by atoms with Crippen molar-refractivity contribution in [3.05, 3.63) is 35.4 Å². The van der Waals surface area contributed by atoms with Crippen molar-refractivity contribution in [1.29, 1.82) is 0 Å². The topological polar surface area (TPSA) is 38.0 Å². The van der Waals surface area contributed by atoms with E-state index < -0.39 is 0 Å². The van der Waals surface area contributed by atoms with Crippen LogP contribution in [0, 0.1) is 0 Å². The number of hydrogen-bond acceptors (Lipinski definition) is 2. The molecule has 0 spiro atoms. The van der Waals surface area contributed by atoms with Gasteiger partial charge in [0.25, 0.3) is 0 Å². The highest BCUT2D eigenvalue weighted by atomic mass is 35.5. The van der Waals surface area contributed by atoms with E-state index in [1.165, 1.54) is 11.1 Å². The molecule has 2 nitrogen and oxygen atoms in total. The molecule has 90 valence electrons. The first kappa shape index (κ1) is 13.5. The molecule has 0 saturated carbocycles. The van der Waals surface area contributed by atoms with Crippen molar-refractivity contribution in [2.24, 2.45) is 5.73 Å². The zero-order valence-corrected chi connectivity index (χ0v) is 11.0. The molecular weight excluding hydrogens is 220 g/mol. The van der Waals surface area contributed by atoms with E-state index in [1.807, 2.05) is 0 Å². The number of nitrogens with two attached hydrogens (primary N) is 1. The van der Waals surface area contributed by atoms with Gasteiger partial charge in [-0.3, -0.25) is 0 Å². The second-order valence-electron chi connectivity index (χ2n) is 5.59. The zero-order chi connectivity index (χ0) is 11.1.